The van der Waals surface area contributed by atoms with Crippen molar-refractivity contribution in [2.24, 2.45) is 0 Å². The van der Waals surface area contributed by atoms with Gasteiger partial charge in [0.15, 0.2) is 5.92 Å². The number of hydrogen-bond donors (Lipinski definition) is 0. The summed E-state index contributed by atoms with van der Waals surface area (Å²) in [4.78, 5) is 33.8. The molecule has 0 spiro atoms. The molecule has 0 saturated carbocycles. The topological polar surface area (TPSA) is 105 Å². The SMILES string of the molecule is CCOC(=O)C(C(=O)OCC)c1c(-c2c(F)cccc2F)c(OCC)nc2ncnn12. The standard InChI is InChI=1S/C20H20F2N4O5/c1-4-29-17-14(13-11(21)8-7-9-12(13)22)16(26-20(25-17)23-10-24-26)15(18(27)30-5-2)19(28)31-6-3/h7-10,15H,4-6H2,1-3H3. The number of hydrogen-bond acceptors (Lipinski definition) is 8. The lowest BCUT2D eigenvalue weighted by atomic mass is 9.95. The fourth-order valence-corrected chi connectivity index (χ4v) is 3.09. The van der Waals surface area contributed by atoms with Gasteiger partial charge in [-0.2, -0.15) is 19.6 Å². The minimum Gasteiger partial charge on any atom is -0.477 e. The van der Waals surface area contributed by atoms with Gasteiger partial charge in [-0.1, -0.05) is 6.07 Å². The predicted octanol–water partition coefficient (Wildman–Crippen LogP) is 2.68. The molecule has 0 bridgehead atoms. The second kappa shape index (κ2) is 9.45. The summed E-state index contributed by atoms with van der Waals surface area (Å²) in [6.45, 7) is 4.76. The molecule has 3 rings (SSSR count). The number of aromatic nitrogens is 4. The number of benzene rings is 1. The van der Waals surface area contributed by atoms with Crippen LogP contribution in [-0.4, -0.2) is 51.3 Å². The Kier molecular flexibility index (Phi) is 6.73. The molecule has 0 N–H and O–H groups in total. The van der Waals surface area contributed by atoms with Crippen LogP contribution in [0, 0.1) is 11.6 Å². The van der Waals surface area contributed by atoms with Crippen LogP contribution in [0.25, 0.3) is 16.9 Å². The van der Waals surface area contributed by atoms with E-state index in [2.05, 4.69) is 15.1 Å². The van der Waals surface area contributed by atoms with Crippen LogP contribution < -0.4 is 4.74 Å². The number of nitrogens with zero attached hydrogens (tertiary/aromatic N) is 4. The minimum absolute atomic E-state index is 0.0397. The Morgan fingerprint density at radius 1 is 1.00 bits per heavy atom. The van der Waals surface area contributed by atoms with Gasteiger partial charge in [0.2, 0.25) is 5.88 Å². The van der Waals surface area contributed by atoms with Crippen molar-refractivity contribution >= 4 is 17.7 Å². The Labute approximate surface area is 176 Å². The highest BCUT2D eigenvalue weighted by Crippen LogP contribution is 2.40. The number of ether oxygens (including phenoxy) is 3. The number of carbonyl (C=O) groups excluding carboxylic acids is 2. The highest BCUT2D eigenvalue weighted by Gasteiger charge is 2.39. The fourth-order valence-electron chi connectivity index (χ4n) is 3.09. The average Bonchev–Trinajstić information content (AvgIpc) is 3.18. The maximum Gasteiger partial charge on any atom is 0.326 e. The molecule has 0 radical (unpaired) electrons. The van der Waals surface area contributed by atoms with E-state index in [0.29, 0.717) is 0 Å². The van der Waals surface area contributed by atoms with E-state index in [1.54, 1.807) is 20.8 Å². The highest BCUT2D eigenvalue weighted by atomic mass is 19.1. The quantitative estimate of drug-likeness (QED) is 0.394. The smallest absolute Gasteiger partial charge is 0.326 e. The maximum absolute atomic E-state index is 14.8. The Balaban J connectivity index is 2.46. The molecular weight excluding hydrogens is 414 g/mol. The number of halogens is 2. The second-order valence-electron chi connectivity index (χ2n) is 6.12. The van der Waals surface area contributed by atoms with Crippen LogP contribution >= 0.6 is 0 Å². The molecule has 0 aliphatic carbocycles. The van der Waals surface area contributed by atoms with Crippen molar-refractivity contribution < 1.29 is 32.6 Å². The summed E-state index contributed by atoms with van der Waals surface area (Å²) in [6, 6.07) is 3.25. The number of carbonyl (C=O) groups is 2. The zero-order chi connectivity index (χ0) is 22.5. The first-order valence-corrected chi connectivity index (χ1v) is 9.58. The molecule has 0 atom stereocenters. The minimum atomic E-state index is -1.72. The van der Waals surface area contributed by atoms with Gasteiger partial charge in [0.1, 0.15) is 18.0 Å². The molecule has 0 saturated heterocycles. The molecule has 31 heavy (non-hydrogen) atoms. The average molecular weight is 434 g/mol. The molecule has 0 amide bonds. The Hall–Kier alpha value is -3.63. The maximum atomic E-state index is 14.8. The Morgan fingerprint density at radius 2 is 1.61 bits per heavy atom. The molecule has 0 fully saturated rings. The summed E-state index contributed by atoms with van der Waals surface area (Å²) < 4.78 is 46.3. The molecule has 2 heterocycles. The Morgan fingerprint density at radius 3 is 2.16 bits per heavy atom. The van der Waals surface area contributed by atoms with E-state index in [4.69, 9.17) is 14.2 Å². The molecule has 0 aliphatic heterocycles. The van der Waals surface area contributed by atoms with Crippen LogP contribution in [0.2, 0.25) is 0 Å². The Bertz CT molecular complexity index is 1080. The third-order valence-corrected chi connectivity index (χ3v) is 4.24. The third kappa shape index (κ3) is 4.16. The highest BCUT2D eigenvalue weighted by molar-refractivity contribution is 6.02. The van der Waals surface area contributed by atoms with E-state index >= 15 is 0 Å². The van der Waals surface area contributed by atoms with Crippen molar-refractivity contribution in [1.82, 2.24) is 19.6 Å². The van der Waals surface area contributed by atoms with Gasteiger partial charge in [-0.3, -0.25) is 9.59 Å². The number of fused-ring (bicyclic) bond motifs is 1. The summed E-state index contributed by atoms with van der Waals surface area (Å²) in [5.74, 6) is -5.85. The number of esters is 2. The van der Waals surface area contributed by atoms with Crippen LogP contribution in [-0.2, 0) is 19.1 Å². The summed E-state index contributed by atoms with van der Waals surface area (Å²) in [7, 11) is 0. The van der Waals surface area contributed by atoms with Gasteiger partial charge in [-0.15, -0.1) is 0 Å². The largest absolute Gasteiger partial charge is 0.477 e. The van der Waals surface area contributed by atoms with Gasteiger partial charge >= 0.3 is 11.9 Å². The molecule has 3 aromatic rings. The molecule has 1 aromatic carbocycles. The van der Waals surface area contributed by atoms with Crippen LogP contribution in [0.5, 0.6) is 5.88 Å². The van der Waals surface area contributed by atoms with Crippen LogP contribution in [0.3, 0.4) is 0 Å². The lowest BCUT2D eigenvalue weighted by Gasteiger charge is -2.21. The van der Waals surface area contributed by atoms with Crippen molar-refractivity contribution in [3.05, 3.63) is 41.9 Å². The summed E-state index contributed by atoms with van der Waals surface area (Å²) in [6.07, 6.45) is 1.12. The van der Waals surface area contributed by atoms with Crippen molar-refractivity contribution in [1.29, 1.82) is 0 Å². The van der Waals surface area contributed by atoms with Gasteiger partial charge in [0, 0.05) is 0 Å². The summed E-state index contributed by atoms with van der Waals surface area (Å²) >= 11 is 0. The second-order valence-corrected chi connectivity index (χ2v) is 6.12. The van der Waals surface area contributed by atoms with Crippen LogP contribution in [0.4, 0.5) is 8.78 Å². The zero-order valence-electron chi connectivity index (χ0n) is 17.1. The van der Waals surface area contributed by atoms with Gasteiger partial charge in [-0.25, -0.2) is 8.78 Å². The zero-order valence-corrected chi connectivity index (χ0v) is 17.1. The first-order chi connectivity index (χ1) is 14.9. The van der Waals surface area contributed by atoms with E-state index in [-0.39, 0.29) is 42.7 Å². The van der Waals surface area contributed by atoms with E-state index < -0.39 is 35.1 Å². The van der Waals surface area contributed by atoms with E-state index in [1.807, 2.05) is 0 Å². The van der Waals surface area contributed by atoms with Gasteiger partial charge in [0.05, 0.1) is 36.6 Å². The van der Waals surface area contributed by atoms with Gasteiger partial charge in [-0.05, 0) is 32.9 Å². The van der Waals surface area contributed by atoms with Crippen molar-refractivity contribution in [2.75, 3.05) is 19.8 Å². The first-order valence-electron chi connectivity index (χ1n) is 9.58. The lowest BCUT2D eigenvalue weighted by Crippen LogP contribution is -2.29. The van der Waals surface area contributed by atoms with E-state index in [0.717, 1.165) is 23.0 Å². The first kappa shape index (κ1) is 22.1. The van der Waals surface area contributed by atoms with Gasteiger partial charge in [0.25, 0.3) is 5.78 Å². The molecule has 11 heteroatoms. The molecule has 9 nitrogen and oxygen atoms in total. The molecule has 0 aliphatic rings. The monoisotopic (exact) mass is 434 g/mol. The van der Waals surface area contributed by atoms with E-state index in [9.17, 15) is 18.4 Å². The third-order valence-electron chi connectivity index (χ3n) is 4.24. The normalized spacial score (nSPS) is 11.0. The molecule has 2 aromatic heterocycles. The molecular formula is C20H20F2N4O5. The number of rotatable bonds is 8. The summed E-state index contributed by atoms with van der Waals surface area (Å²) in [5, 5.41) is 4.00. The van der Waals surface area contributed by atoms with Gasteiger partial charge < -0.3 is 14.2 Å². The van der Waals surface area contributed by atoms with Crippen molar-refractivity contribution in [2.45, 2.75) is 26.7 Å². The molecule has 164 valence electrons. The fraction of sp³-hybridized carbons (Fsp3) is 0.350. The van der Waals surface area contributed by atoms with Crippen molar-refractivity contribution in [3.63, 3.8) is 0 Å². The van der Waals surface area contributed by atoms with Crippen molar-refractivity contribution in [3.8, 4) is 17.0 Å². The molecule has 0 unspecified atom stereocenters. The van der Waals surface area contributed by atoms with Crippen LogP contribution in [0.1, 0.15) is 32.4 Å². The van der Waals surface area contributed by atoms with Crippen LogP contribution in [0.15, 0.2) is 24.5 Å². The lowest BCUT2D eigenvalue weighted by molar-refractivity contribution is -0.157. The van der Waals surface area contributed by atoms with E-state index in [1.165, 1.54) is 6.07 Å². The predicted molar refractivity (Wildman–Crippen MR) is 103 cm³/mol. The summed E-state index contributed by atoms with van der Waals surface area (Å²) in [5.41, 5.74) is -1.03.